The van der Waals surface area contributed by atoms with Gasteiger partial charge in [-0.1, -0.05) is 37.5 Å². The molecule has 0 N–H and O–H groups in total. The zero-order chi connectivity index (χ0) is 11.4. The Morgan fingerprint density at radius 1 is 1.06 bits per heavy atom. The highest BCUT2D eigenvalue weighted by molar-refractivity contribution is 5.26. The maximum Gasteiger partial charge on any atom is 0.119 e. The minimum atomic E-state index is 0.775. The van der Waals surface area contributed by atoms with Gasteiger partial charge in [0.05, 0.1) is 6.61 Å². The van der Waals surface area contributed by atoms with Crippen molar-refractivity contribution >= 4 is 0 Å². The molecule has 2 rings (SSSR count). The van der Waals surface area contributed by atoms with Gasteiger partial charge in [-0.3, -0.25) is 0 Å². The normalized spacial score (nSPS) is 25.4. The number of benzene rings is 1. The molecule has 1 heteroatoms. The van der Waals surface area contributed by atoms with Crippen LogP contribution in [0.25, 0.3) is 0 Å². The molecular formula is C15H22O. The van der Waals surface area contributed by atoms with Crippen molar-refractivity contribution in [3.05, 3.63) is 29.8 Å². The second-order valence-electron chi connectivity index (χ2n) is 5.25. The third-order valence-electron chi connectivity index (χ3n) is 3.64. The maximum atomic E-state index is 5.84. The van der Waals surface area contributed by atoms with Crippen LogP contribution in [-0.2, 0) is 0 Å². The Hall–Kier alpha value is -0.980. The first-order valence-electron chi connectivity index (χ1n) is 6.43. The smallest absolute Gasteiger partial charge is 0.119 e. The molecule has 0 atom stereocenters. The summed E-state index contributed by atoms with van der Waals surface area (Å²) in [6, 6.07) is 8.36. The molecule has 1 saturated carbocycles. The van der Waals surface area contributed by atoms with E-state index < -0.39 is 0 Å². The molecule has 1 aliphatic rings. The molecule has 1 aromatic rings. The molecule has 1 fully saturated rings. The zero-order valence-electron chi connectivity index (χ0n) is 10.4. The Morgan fingerprint density at radius 2 is 1.69 bits per heavy atom. The van der Waals surface area contributed by atoms with Gasteiger partial charge in [-0.2, -0.15) is 0 Å². The molecule has 0 heterocycles. The average molecular weight is 218 g/mol. The molecule has 1 aliphatic carbocycles. The Kier molecular flexibility index (Phi) is 3.87. The minimum absolute atomic E-state index is 0.775. The van der Waals surface area contributed by atoms with Gasteiger partial charge in [0.2, 0.25) is 0 Å². The van der Waals surface area contributed by atoms with Crippen molar-refractivity contribution < 1.29 is 4.74 Å². The summed E-state index contributed by atoms with van der Waals surface area (Å²) < 4.78 is 5.84. The van der Waals surface area contributed by atoms with Crippen LogP contribution in [0.3, 0.4) is 0 Å². The molecule has 0 spiro atoms. The van der Waals surface area contributed by atoms with Gasteiger partial charge in [0.15, 0.2) is 0 Å². The summed E-state index contributed by atoms with van der Waals surface area (Å²) in [6.07, 6.45) is 5.43. The van der Waals surface area contributed by atoms with Crippen molar-refractivity contribution in [2.45, 2.75) is 39.5 Å². The fraction of sp³-hybridized carbons (Fsp3) is 0.600. The van der Waals surface area contributed by atoms with E-state index >= 15 is 0 Å². The van der Waals surface area contributed by atoms with Crippen molar-refractivity contribution in [1.29, 1.82) is 0 Å². The van der Waals surface area contributed by atoms with Gasteiger partial charge in [-0.25, -0.2) is 0 Å². The highest BCUT2D eigenvalue weighted by Crippen LogP contribution is 2.28. The van der Waals surface area contributed by atoms with Crippen molar-refractivity contribution in [3.8, 4) is 5.75 Å². The van der Waals surface area contributed by atoms with Crippen LogP contribution < -0.4 is 4.74 Å². The molecule has 0 saturated heterocycles. The largest absolute Gasteiger partial charge is 0.493 e. The minimum Gasteiger partial charge on any atom is -0.493 e. The van der Waals surface area contributed by atoms with Crippen molar-refractivity contribution in [2.75, 3.05) is 6.61 Å². The predicted molar refractivity (Wildman–Crippen MR) is 67.8 cm³/mol. The Bertz CT molecular complexity index is 307. The first kappa shape index (κ1) is 11.5. The molecule has 0 amide bonds. The van der Waals surface area contributed by atoms with Crippen LogP contribution in [0, 0.1) is 18.8 Å². The highest BCUT2D eigenvalue weighted by Gasteiger charge is 2.18. The number of ether oxygens (including phenoxy) is 1. The topological polar surface area (TPSA) is 9.23 Å². The first-order chi connectivity index (χ1) is 7.74. The van der Waals surface area contributed by atoms with Gasteiger partial charge in [0.1, 0.15) is 5.75 Å². The van der Waals surface area contributed by atoms with E-state index in [-0.39, 0.29) is 0 Å². The Balaban J connectivity index is 1.77. The third kappa shape index (κ3) is 3.26. The number of aryl methyl sites for hydroxylation is 1. The van der Waals surface area contributed by atoms with E-state index in [2.05, 4.69) is 38.1 Å². The van der Waals surface area contributed by atoms with E-state index in [9.17, 15) is 0 Å². The number of hydrogen-bond donors (Lipinski definition) is 0. The average Bonchev–Trinajstić information content (AvgIpc) is 2.30. The van der Waals surface area contributed by atoms with Crippen LogP contribution >= 0.6 is 0 Å². The van der Waals surface area contributed by atoms with Crippen LogP contribution in [0.15, 0.2) is 24.3 Å². The molecule has 1 aromatic carbocycles. The van der Waals surface area contributed by atoms with E-state index in [0.29, 0.717) is 0 Å². The molecule has 16 heavy (non-hydrogen) atoms. The molecule has 0 radical (unpaired) electrons. The summed E-state index contributed by atoms with van der Waals surface area (Å²) in [4.78, 5) is 0. The lowest BCUT2D eigenvalue weighted by atomic mass is 9.83. The monoisotopic (exact) mass is 218 g/mol. The van der Waals surface area contributed by atoms with E-state index in [1.54, 1.807) is 0 Å². The SMILES string of the molecule is Cc1ccc(OCC2CCC(C)CC2)cc1. The van der Waals surface area contributed by atoms with Gasteiger partial charge in [-0.15, -0.1) is 0 Å². The fourth-order valence-electron chi connectivity index (χ4n) is 2.34. The van der Waals surface area contributed by atoms with Gasteiger partial charge in [0.25, 0.3) is 0 Å². The summed E-state index contributed by atoms with van der Waals surface area (Å²) in [5.41, 5.74) is 1.29. The second-order valence-corrected chi connectivity index (χ2v) is 5.25. The lowest BCUT2D eigenvalue weighted by Gasteiger charge is -2.26. The van der Waals surface area contributed by atoms with Crippen LogP contribution in [0.1, 0.15) is 38.2 Å². The molecule has 0 aromatic heterocycles. The van der Waals surface area contributed by atoms with Gasteiger partial charge < -0.3 is 4.74 Å². The molecule has 88 valence electrons. The van der Waals surface area contributed by atoms with Gasteiger partial charge in [-0.05, 0) is 43.7 Å². The quantitative estimate of drug-likeness (QED) is 0.738. The summed E-state index contributed by atoms with van der Waals surface area (Å²) in [5.74, 6) is 2.72. The molecular weight excluding hydrogens is 196 g/mol. The Labute approximate surface area is 98.8 Å². The van der Waals surface area contributed by atoms with E-state index in [4.69, 9.17) is 4.74 Å². The zero-order valence-corrected chi connectivity index (χ0v) is 10.4. The molecule has 1 nitrogen and oxygen atoms in total. The molecule has 0 aliphatic heterocycles. The Morgan fingerprint density at radius 3 is 2.31 bits per heavy atom. The van der Waals surface area contributed by atoms with Gasteiger partial charge in [0, 0.05) is 0 Å². The fourth-order valence-corrected chi connectivity index (χ4v) is 2.34. The molecule has 0 unspecified atom stereocenters. The van der Waals surface area contributed by atoms with Crippen LogP contribution in [-0.4, -0.2) is 6.61 Å². The lowest BCUT2D eigenvalue weighted by molar-refractivity contribution is 0.188. The van der Waals surface area contributed by atoms with Crippen molar-refractivity contribution in [1.82, 2.24) is 0 Å². The van der Waals surface area contributed by atoms with E-state index in [1.807, 2.05) is 0 Å². The van der Waals surface area contributed by atoms with Crippen molar-refractivity contribution in [3.63, 3.8) is 0 Å². The highest BCUT2D eigenvalue weighted by atomic mass is 16.5. The first-order valence-corrected chi connectivity index (χ1v) is 6.43. The lowest BCUT2D eigenvalue weighted by Crippen LogP contribution is -2.18. The van der Waals surface area contributed by atoms with E-state index in [1.165, 1.54) is 31.2 Å². The number of hydrogen-bond acceptors (Lipinski definition) is 1. The van der Waals surface area contributed by atoms with E-state index in [0.717, 1.165) is 24.2 Å². The predicted octanol–water partition coefficient (Wildman–Crippen LogP) is 4.20. The number of rotatable bonds is 3. The maximum absolute atomic E-state index is 5.84. The van der Waals surface area contributed by atoms with Crippen LogP contribution in [0.5, 0.6) is 5.75 Å². The van der Waals surface area contributed by atoms with Crippen molar-refractivity contribution in [2.24, 2.45) is 11.8 Å². The van der Waals surface area contributed by atoms with Gasteiger partial charge >= 0.3 is 0 Å². The van der Waals surface area contributed by atoms with Crippen LogP contribution in [0.2, 0.25) is 0 Å². The summed E-state index contributed by atoms with van der Waals surface area (Å²) in [6.45, 7) is 5.36. The standard InChI is InChI=1S/C15H22O/c1-12-3-7-14(8-4-12)11-16-15-9-5-13(2)6-10-15/h5-6,9-10,12,14H,3-4,7-8,11H2,1-2H3. The second kappa shape index (κ2) is 5.38. The third-order valence-corrected chi connectivity index (χ3v) is 3.64. The summed E-state index contributed by atoms with van der Waals surface area (Å²) in [7, 11) is 0. The summed E-state index contributed by atoms with van der Waals surface area (Å²) >= 11 is 0. The van der Waals surface area contributed by atoms with Crippen LogP contribution in [0.4, 0.5) is 0 Å². The summed E-state index contributed by atoms with van der Waals surface area (Å²) in [5, 5.41) is 0. The molecule has 0 bridgehead atoms.